The molecule has 0 aliphatic heterocycles. The van der Waals surface area contributed by atoms with Gasteiger partial charge in [0.2, 0.25) is 0 Å². The first-order valence-electron chi connectivity index (χ1n) is 3.38. The van der Waals surface area contributed by atoms with Gasteiger partial charge in [0, 0.05) is 6.92 Å². The molecule has 0 aromatic heterocycles. The normalized spacial score (nSPS) is 21.1. The highest BCUT2D eigenvalue weighted by molar-refractivity contribution is 5.66. The van der Waals surface area contributed by atoms with Crippen molar-refractivity contribution >= 4 is 5.97 Å². The Labute approximate surface area is 55.2 Å². The zero-order valence-electron chi connectivity index (χ0n) is 5.94. The highest BCUT2D eigenvalue weighted by atomic mass is 16.6. The third-order valence-electron chi connectivity index (χ3n) is 1.81. The van der Waals surface area contributed by atoms with Crippen LogP contribution >= 0.6 is 0 Å². The molecule has 1 rings (SSSR count). The lowest BCUT2D eigenvalue weighted by Gasteiger charge is -2.11. The Kier molecular flexibility index (Phi) is 1.47. The summed E-state index contributed by atoms with van der Waals surface area (Å²) in [5.41, 5.74) is -0.0359. The first-order valence-corrected chi connectivity index (χ1v) is 3.38. The Bertz CT molecular complexity index is 125. The smallest absolute Gasteiger partial charge is 0.303 e. The van der Waals surface area contributed by atoms with Crippen LogP contribution in [0.5, 0.6) is 0 Å². The SMILES string of the molecule is CCC1(OC(C)=O)CC1. The topological polar surface area (TPSA) is 26.3 Å². The molecule has 52 valence electrons. The van der Waals surface area contributed by atoms with E-state index in [0.29, 0.717) is 0 Å². The number of esters is 1. The van der Waals surface area contributed by atoms with Crippen LogP contribution in [0.25, 0.3) is 0 Å². The molecule has 0 heterocycles. The molecule has 1 saturated carbocycles. The van der Waals surface area contributed by atoms with Gasteiger partial charge in [0.25, 0.3) is 0 Å². The molecular weight excluding hydrogens is 116 g/mol. The van der Waals surface area contributed by atoms with E-state index in [9.17, 15) is 4.79 Å². The number of ether oxygens (including phenoxy) is 1. The molecule has 0 amide bonds. The molecule has 9 heavy (non-hydrogen) atoms. The Morgan fingerprint density at radius 3 is 2.33 bits per heavy atom. The van der Waals surface area contributed by atoms with Crippen molar-refractivity contribution in [2.45, 2.75) is 38.7 Å². The largest absolute Gasteiger partial charge is 0.459 e. The number of hydrogen-bond donors (Lipinski definition) is 0. The fourth-order valence-corrected chi connectivity index (χ4v) is 0.972. The van der Waals surface area contributed by atoms with E-state index in [1.54, 1.807) is 0 Å². The molecule has 2 nitrogen and oxygen atoms in total. The maximum absolute atomic E-state index is 10.4. The first kappa shape index (κ1) is 6.59. The molecule has 1 aliphatic carbocycles. The zero-order chi connectivity index (χ0) is 6.91. The van der Waals surface area contributed by atoms with Crippen molar-refractivity contribution in [2.75, 3.05) is 0 Å². The van der Waals surface area contributed by atoms with Crippen molar-refractivity contribution in [1.29, 1.82) is 0 Å². The second-order valence-corrected chi connectivity index (χ2v) is 2.63. The van der Waals surface area contributed by atoms with Gasteiger partial charge in [-0.2, -0.15) is 0 Å². The third kappa shape index (κ3) is 1.44. The molecule has 2 heteroatoms. The van der Waals surface area contributed by atoms with Crippen molar-refractivity contribution in [2.24, 2.45) is 0 Å². The molecule has 0 unspecified atom stereocenters. The van der Waals surface area contributed by atoms with Gasteiger partial charge in [-0.15, -0.1) is 0 Å². The average Bonchev–Trinajstić information content (AvgIpc) is 2.48. The summed E-state index contributed by atoms with van der Waals surface area (Å²) in [5, 5.41) is 0. The van der Waals surface area contributed by atoms with Crippen molar-refractivity contribution in [1.82, 2.24) is 0 Å². The average molecular weight is 128 g/mol. The minimum Gasteiger partial charge on any atom is -0.459 e. The number of carbonyl (C=O) groups is 1. The van der Waals surface area contributed by atoms with E-state index >= 15 is 0 Å². The first-order chi connectivity index (χ1) is 4.18. The van der Waals surface area contributed by atoms with Crippen molar-refractivity contribution < 1.29 is 9.53 Å². The fourth-order valence-electron chi connectivity index (χ4n) is 0.972. The standard InChI is InChI=1S/C7H12O2/c1-3-7(4-5-7)9-6(2)8/h3-5H2,1-2H3. The molecule has 0 aromatic rings. The summed E-state index contributed by atoms with van der Waals surface area (Å²) in [5.74, 6) is -0.144. The molecule has 1 fully saturated rings. The zero-order valence-corrected chi connectivity index (χ0v) is 5.94. The van der Waals surface area contributed by atoms with E-state index in [-0.39, 0.29) is 11.6 Å². The van der Waals surface area contributed by atoms with E-state index in [2.05, 4.69) is 6.92 Å². The van der Waals surface area contributed by atoms with Crippen LogP contribution in [0.3, 0.4) is 0 Å². The summed E-state index contributed by atoms with van der Waals surface area (Å²) in [7, 11) is 0. The van der Waals surface area contributed by atoms with Crippen LogP contribution in [-0.2, 0) is 9.53 Å². The fraction of sp³-hybridized carbons (Fsp3) is 0.857. The van der Waals surface area contributed by atoms with Gasteiger partial charge in [-0.25, -0.2) is 0 Å². The number of hydrogen-bond acceptors (Lipinski definition) is 2. The molecule has 0 radical (unpaired) electrons. The highest BCUT2D eigenvalue weighted by Gasteiger charge is 2.44. The lowest BCUT2D eigenvalue weighted by atomic mass is 10.2. The predicted octanol–water partition coefficient (Wildman–Crippen LogP) is 1.49. The summed E-state index contributed by atoms with van der Waals surface area (Å²) in [6.45, 7) is 3.52. The van der Waals surface area contributed by atoms with Gasteiger partial charge in [0.1, 0.15) is 5.60 Å². The van der Waals surface area contributed by atoms with Crippen LogP contribution in [0.4, 0.5) is 0 Å². The second-order valence-electron chi connectivity index (χ2n) is 2.63. The van der Waals surface area contributed by atoms with E-state index in [1.807, 2.05) is 0 Å². The molecule has 0 spiro atoms. The van der Waals surface area contributed by atoms with E-state index in [0.717, 1.165) is 19.3 Å². The van der Waals surface area contributed by atoms with Crippen LogP contribution < -0.4 is 0 Å². The van der Waals surface area contributed by atoms with Crippen LogP contribution in [0.1, 0.15) is 33.1 Å². The van der Waals surface area contributed by atoms with Gasteiger partial charge >= 0.3 is 5.97 Å². The van der Waals surface area contributed by atoms with Crippen LogP contribution in [0, 0.1) is 0 Å². The van der Waals surface area contributed by atoms with Crippen LogP contribution in [0.2, 0.25) is 0 Å². The Hall–Kier alpha value is -0.530. The minimum absolute atomic E-state index is 0.0359. The van der Waals surface area contributed by atoms with Gasteiger partial charge in [-0.3, -0.25) is 4.79 Å². The summed E-state index contributed by atoms with van der Waals surface area (Å²) < 4.78 is 5.06. The van der Waals surface area contributed by atoms with Crippen molar-refractivity contribution in [3.63, 3.8) is 0 Å². The quantitative estimate of drug-likeness (QED) is 0.527. The van der Waals surface area contributed by atoms with Crippen molar-refractivity contribution in [3.05, 3.63) is 0 Å². The number of rotatable bonds is 2. The van der Waals surface area contributed by atoms with Gasteiger partial charge in [0.05, 0.1) is 0 Å². The number of carbonyl (C=O) groups excluding carboxylic acids is 1. The molecule has 0 saturated heterocycles. The van der Waals surface area contributed by atoms with Crippen molar-refractivity contribution in [3.8, 4) is 0 Å². The second kappa shape index (κ2) is 2.01. The van der Waals surface area contributed by atoms with Crippen LogP contribution in [-0.4, -0.2) is 11.6 Å². The Balaban J connectivity index is 2.33. The third-order valence-corrected chi connectivity index (χ3v) is 1.81. The minimum atomic E-state index is -0.144. The molecule has 0 aromatic carbocycles. The predicted molar refractivity (Wildman–Crippen MR) is 34.0 cm³/mol. The Morgan fingerprint density at radius 2 is 2.22 bits per heavy atom. The van der Waals surface area contributed by atoms with Gasteiger partial charge < -0.3 is 4.74 Å². The van der Waals surface area contributed by atoms with E-state index in [4.69, 9.17) is 4.74 Å². The van der Waals surface area contributed by atoms with Gasteiger partial charge in [0.15, 0.2) is 0 Å². The van der Waals surface area contributed by atoms with Gasteiger partial charge in [-0.1, -0.05) is 6.92 Å². The maximum Gasteiger partial charge on any atom is 0.303 e. The molecule has 0 bridgehead atoms. The summed E-state index contributed by atoms with van der Waals surface area (Å²) in [6.07, 6.45) is 3.08. The highest BCUT2D eigenvalue weighted by Crippen LogP contribution is 2.42. The maximum atomic E-state index is 10.4. The molecule has 0 atom stereocenters. The van der Waals surface area contributed by atoms with E-state index in [1.165, 1.54) is 6.92 Å². The monoisotopic (exact) mass is 128 g/mol. The molecular formula is C7H12O2. The van der Waals surface area contributed by atoms with E-state index < -0.39 is 0 Å². The van der Waals surface area contributed by atoms with Gasteiger partial charge in [-0.05, 0) is 19.3 Å². The molecule has 0 N–H and O–H groups in total. The summed E-state index contributed by atoms with van der Waals surface area (Å²) in [4.78, 5) is 10.4. The lowest BCUT2D eigenvalue weighted by molar-refractivity contribution is -0.148. The van der Waals surface area contributed by atoms with Crippen LogP contribution in [0.15, 0.2) is 0 Å². The Morgan fingerprint density at radius 1 is 1.67 bits per heavy atom. The summed E-state index contributed by atoms with van der Waals surface area (Å²) in [6, 6.07) is 0. The lowest BCUT2D eigenvalue weighted by Crippen LogP contribution is -2.15. The summed E-state index contributed by atoms with van der Waals surface area (Å²) >= 11 is 0. The molecule has 1 aliphatic rings.